The summed E-state index contributed by atoms with van der Waals surface area (Å²) in [5.74, 6) is -0.313. The van der Waals surface area contributed by atoms with Crippen molar-refractivity contribution in [2.24, 2.45) is 0 Å². The van der Waals surface area contributed by atoms with E-state index >= 15 is 0 Å². The molecule has 0 amide bonds. The van der Waals surface area contributed by atoms with Crippen LogP contribution in [-0.4, -0.2) is 24.5 Å². The third kappa shape index (κ3) is 3.64. The van der Waals surface area contributed by atoms with E-state index in [4.69, 9.17) is 0 Å². The standard InChI is InChI=1S/C19H18F2N6/c1-2-5-26-12-16(10-23-26)25-19-7-18-14(8-22-19)9-24-27(18)11-13-6-15(20)3-4-17(13)21/h3-4,6-10,12H,2,5,11H2,1H3,(H,22,25). The molecule has 3 aromatic heterocycles. The molecule has 0 aliphatic rings. The van der Waals surface area contributed by atoms with E-state index in [1.54, 1.807) is 23.3 Å². The van der Waals surface area contributed by atoms with Crippen LogP contribution in [-0.2, 0) is 13.1 Å². The molecular weight excluding hydrogens is 350 g/mol. The van der Waals surface area contributed by atoms with Gasteiger partial charge in [-0.05, 0) is 24.6 Å². The summed E-state index contributed by atoms with van der Waals surface area (Å²) in [7, 11) is 0. The lowest BCUT2D eigenvalue weighted by Crippen LogP contribution is -2.04. The maximum Gasteiger partial charge on any atom is 0.132 e. The van der Waals surface area contributed by atoms with Crippen molar-refractivity contribution in [2.75, 3.05) is 5.32 Å². The Labute approximate surface area is 154 Å². The molecule has 8 heteroatoms. The molecule has 27 heavy (non-hydrogen) atoms. The van der Waals surface area contributed by atoms with E-state index in [0.717, 1.165) is 41.7 Å². The molecule has 138 valence electrons. The van der Waals surface area contributed by atoms with Crippen molar-refractivity contribution in [3.05, 3.63) is 66.3 Å². The number of anilines is 2. The minimum absolute atomic E-state index is 0.130. The normalized spacial score (nSPS) is 11.2. The predicted molar refractivity (Wildman–Crippen MR) is 98.8 cm³/mol. The van der Waals surface area contributed by atoms with E-state index in [1.807, 2.05) is 16.9 Å². The summed E-state index contributed by atoms with van der Waals surface area (Å²) in [6.07, 6.45) is 8.00. The summed E-state index contributed by atoms with van der Waals surface area (Å²) in [5, 5.41) is 12.6. The highest BCUT2D eigenvalue weighted by molar-refractivity contribution is 5.81. The van der Waals surface area contributed by atoms with Crippen LogP contribution >= 0.6 is 0 Å². The molecule has 0 aliphatic heterocycles. The second-order valence-electron chi connectivity index (χ2n) is 6.28. The van der Waals surface area contributed by atoms with Gasteiger partial charge in [0, 0.05) is 36.0 Å². The van der Waals surface area contributed by atoms with E-state index in [2.05, 4.69) is 27.4 Å². The van der Waals surface area contributed by atoms with Gasteiger partial charge < -0.3 is 5.32 Å². The number of aromatic nitrogens is 5. The summed E-state index contributed by atoms with van der Waals surface area (Å²) in [4.78, 5) is 4.37. The summed E-state index contributed by atoms with van der Waals surface area (Å²) < 4.78 is 30.9. The first-order chi connectivity index (χ1) is 13.1. The van der Waals surface area contributed by atoms with Gasteiger partial charge in [-0.15, -0.1) is 0 Å². The molecule has 0 spiro atoms. The van der Waals surface area contributed by atoms with Crippen molar-refractivity contribution in [3.8, 4) is 0 Å². The van der Waals surface area contributed by atoms with Gasteiger partial charge in [-0.3, -0.25) is 9.36 Å². The molecule has 0 aliphatic carbocycles. The quantitative estimate of drug-likeness (QED) is 0.556. The van der Waals surface area contributed by atoms with Crippen molar-refractivity contribution in [2.45, 2.75) is 26.4 Å². The van der Waals surface area contributed by atoms with Crippen molar-refractivity contribution < 1.29 is 8.78 Å². The van der Waals surface area contributed by atoms with Crippen molar-refractivity contribution in [1.29, 1.82) is 0 Å². The first kappa shape index (κ1) is 17.1. The number of aryl methyl sites for hydroxylation is 1. The Morgan fingerprint density at radius 1 is 1.07 bits per heavy atom. The predicted octanol–water partition coefficient (Wildman–Crippen LogP) is 4.11. The van der Waals surface area contributed by atoms with Crippen LogP contribution in [0.25, 0.3) is 10.9 Å². The highest BCUT2D eigenvalue weighted by Crippen LogP contribution is 2.21. The molecule has 1 aromatic carbocycles. The molecule has 0 saturated carbocycles. The van der Waals surface area contributed by atoms with Crippen molar-refractivity contribution in [1.82, 2.24) is 24.5 Å². The first-order valence-electron chi connectivity index (χ1n) is 8.67. The van der Waals surface area contributed by atoms with E-state index in [1.165, 1.54) is 6.07 Å². The van der Waals surface area contributed by atoms with E-state index in [9.17, 15) is 8.78 Å². The highest BCUT2D eigenvalue weighted by atomic mass is 19.1. The number of fused-ring (bicyclic) bond motifs is 1. The average molecular weight is 368 g/mol. The van der Waals surface area contributed by atoms with Gasteiger partial charge in [-0.1, -0.05) is 6.92 Å². The molecule has 1 N–H and O–H groups in total. The van der Waals surface area contributed by atoms with Gasteiger partial charge in [0.25, 0.3) is 0 Å². The Bertz CT molecular complexity index is 1080. The van der Waals surface area contributed by atoms with Crippen LogP contribution in [0.4, 0.5) is 20.3 Å². The Balaban J connectivity index is 1.61. The van der Waals surface area contributed by atoms with Gasteiger partial charge in [0.05, 0.1) is 30.1 Å². The van der Waals surface area contributed by atoms with Gasteiger partial charge in [-0.25, -0.2) is 13.8 Å². The smallest absolute Gasteiger partial charge is 0.132 e. The monoisotopic (exact) mass is 368 g/mol. The van der Waals surface area contributed by atoms with Crippen LogP contribution in [0.5, 0.6) is 0 Å². The molecule has 0 radical (unpaired) electrons. The maximum atomic E-state index is 14.0. The maximum absolute atomic E-state index is 14.0. The molecule has 4 rings (SSSR count). The molecule has 0 unspecified atom stereocenters. The number of pyridine rings is 1. The molecule has 0 saturated heterocycles. The zero-order chi connectivity index (χ0) is 18.8. The second-order valence-corrected chi connectivity index (χ2v) is 6.28. The zero-order valence-corrected chi connectivity index (χ0v) is 14.7. The Morgan fingerprint density at radius 2 is 1.96 bits per heavy atom. The highest BCUT2D eigenvalue weighted by Gasteiger charge is 2.10. The second kappa shape index (κ2) is 7.14. The lowest BCUT2D eigenvalue weighted by Gasteiger charge is -2.07. The Morgan fingerprint density at radius 3 is 2.81 bits per heavy atom. The number of nitrogens with one attached hydrogen (secondary N) is 1. The van der Waals surface area contributed by atoms with Gasteiger partial charge in [0.15, 0.2) is 0 Å². The van der Waals surface area contributed by atoms with Gasteiger partial charge >= 0.3 is 0 Å². The molecule has 4 aromatic rings. The van der Waals surface area contributed by atoms with E-state index < -0.39 is 11.6 Å². The first-order valence-corrected chi connectivity index (χ1v) is 8.67. The lowest BCUT2D eigenvalue weighted by molar-refractivity contribution is 0.570. The Kier molecular flexibility index (Phi) is 4.53. The largest absolute Gasteiger partial charge is 0.338 e. The number of benzene rings is 1. The number of halogens is 2. The molecule has 3 heterocycles. The van der Waals surface area contributed by atoms with Crippen LogP contribution in [0.15, 0.2) is 49.1 Å². The average Bonchev–Trinajstić information content (AvgIpc) is 3.26. The third-order valence-electron chi connectivity index (χ3n) is 4.21. The Hall–Kier alpha value is -3.29. The number of nitrogens with zero attached hydrogens (tertiary/aromatic N) is 5. The molecule has 6 nitrogen and oxygen atoms in total. The van der Waals surface area contributed by atoms with Crippen molar-refractivity contribution in [3.63, 3.8) is 0 Å². The number of rotatable bonds is 6. The minimum Gasteiger partial charge on any atom is -0.338 e. The van der Waals surface area contributed by atoms with Crippen LogP contribution in [0, 0.1) is 11.6 Å². The SMILES string of the molecule is CCCn1cc(Nc2cc3c(cn2)cnn3Cc2cc(F)ccc2F)cn1. The molecule has 0 atom stereocenters. The fraction of sp³-hybridized carbons (Fsp3) is 0.211. The van der Waals surface area contributed by atoms with Crippen LogP contribution in [0.2, 0.25) is 0 Å². The summed E-state index contributed by atoms with van der Waals surface area (Å²) in [6.45, 7) is 3.07. The summed E-state index contributed by atoms with van der Waals surface area (Å²) >= 11 is 0. The number of hydrogen-bond acceptors (Lipinski definition) is 4. The van der Waals surface area contributed by atoms with Crippen molar-refractivity contribution >= 4 is 22.4 Å². The third-order valence-corrected chi connectivity index (χ3v) is 4.21. The zero-order valence-electron chi connectivity index (χ0n) is 14.7. The fourth-order valence-electron chi connectivity index (χ4n) is 2.92. The topological polar surface area (TPSA) is 60.6 Å². The molecular formula is C19H18F2N6. The van der Waals surface area contributed by atoms with E-state index in [-0.39, 0.29) is 12.1 Å². The van der Waals surface area contributed by atoms with Gasteiger partial charge in [0.1, 0.15) is 17.5 Å². The fourth-order valence-corrected chi connectivity index (χ4v) is 2.92. The van der Waals surface area contributed by atoms with Crippen LogP contribution < -0.4 is 5.32 Å². The van der Waals surface area contributed by atoms with Crippen LogP contribution in [0.3, 0.4) is 0 Å². The summed E-state index contributed by atoms with van der Waals surface area (Å²) in [6, 6.07) is 5.24. The molecule has 0 fully saturated rings. The van der Waals surface area contributed by atoms with Crippen LogP contribution in [0.1, 0.15) is 18.9 Å². The number of hydrogen-bond donors (Lipinski definition) is 1. The van der Waals surface area contributed by atoms with Gasteiger partial charge in [0.2, 0.25) is 0 Å². The van der Waals surface area contributed by atoms with Gasteiger partial charge in [-0.2, -0.15) is 10.2 Å². The van der Waals surface area contributed by atoms with E-state index in [0.29, 0.717) is 5.82 Å². The lowest BCUT2D eigenvalue weighted by atomic mass is 10.2. The minimum atomic E-state index is -0.476. The summed E-state index contributed by atoms with van der Waals surface area (Å²) in [5.41, 5.74) is 1.85. The molecule has 0 bridgehead atoms.